The monoisotopic (exact) mass is 278 g/mol. The lowest BCUT2D eigenvalue weighted by Crippen LogP contribution is -2.44. The van der Waals surface area contributed by atoms with E-state index in [4.69, 9.17) is 4.74 Å². The molecule has 0 aliphatic carbocycles. The summed E-state index contributed by atoms with van der Waals surface area (Å²) in [6.07, 6.45) is -0.0591. The van der Waals surface area contributed by atoms with Crippen LogP contribution in [0.5, 0.6) is 0 Å². The normalized spacial score (nSPS) is 19.6. The van der Waals surface area contributed by atoms with Gasteiger partial charge in [-0.3, -0.25) is 0 Å². The predicted molar refractivity (Wildman–Crippen MR) is 82.0 cm³/mol. The lowest BCUT2D eigenvalue weighted by atomic mass is 10.1. The summed E-state index contributed by atoms with van der Waals surface area (Å²) < 4.78 is 5.48. The summed E-state index contributed by atoms with van der Waals surface area (Å²) in [7, 11) is 0. The maximum atomic E-state index is 9.18. The number of nitrogens with one attached hydrogen (secondary N) is 1. The highest BCUT2D eigenvalue weighted by molar-refractivity contribution is 5.48. The van der Waals surface area contributed by atoms with Gasteiger partial charge >= 0.3 is 0 Å². The zero-order chi connectivity index (χ0) is 14.4. The first-order chi connectivity index (χ1) is 9.69. The average molecular weight is 278 g/mol. The summed E-state index contributed by atoms with van der Waals surface area (Å²) in [5.74, 6) is 0.679. The Bertz CT molecular complexity index is 392. The summed E-state index contributed by atoms with van der Waals surface area (Å²) in [5.41, 5.74) is 2.51. The van der Waals surface area contributed by atoms with Gasteiger partial charge in [-0.15, -0.1) is 0 Å². The Morgan fingerprint density at radius 2 is 2.10 bits per heavy atom. The van der Waals surface area contributed by atoms with Crippen LogP contribution in [0, 0.1) is 5.92 Å². The fourth-order valence-corrected chi connectivity index (χ4v) is 2.39. The lowest BCUT2D eigenvalue weighted by Gasteiger charge is -2.33. The molecule has 0 bridgehead atoms. The molecule has 1 aromatic carbocycles. The fraction of sp³-hybridized carbons (Fsp3) is 0.625. The van der Waals surface area contributed by atoms with Gasteiger partial charge in [0.15, 0.2) is 0 Å². The van der Waals surface area contributed by atoms with Gasteiger partial charge in [0.25, 0.3) is 0 Å². The standard InChI is InChI=1S/C16H26N2O2/c1-13(2)9-17-10-14-3-5-15(6-4-14)18-7-8-20-16(11-18)12-19/h3-6,13,16-17,19H,7-12H2,1-2H3. The van der Waals surface area contributed by atoms with E-state index in [0.29, 0.717) is 12.5 Å². The van der Waals surface area contributed by atoms with Gasteiger partial charge in [-0.2, -0.15) is 0 Å². The summed E-state index contributed by atoms with van der Waals surface area (Å²) in [4.78, 5) is 2.27. The molecule has 0 saturated carbocycles. The van der Waals surface area contributed by atoms with Crippen molar-refractivity contribution in [3.63, 3.8) is 0 Å². The Labute approximate surface area is 121 Å². The number of hydrogen-bond acceptors (Lipinski definition) is 4. The highest BCUT2D eigenvalue weighted by Gasteiger charge is 2.19. The van der Waals surface area contributed by atoms with Crippen LogP contribution < -0.4 is 10.2 Å². The van der Waals surface area contributed by atoms with Gasteiger partial charge < -0.3 is 20.1 Å². The minimum absolute atomic E-state index is 0.0591. The quantitative estimate of drug-likeness (QED) is 0.830. The van der Waals surface area contributed by atoms with Crippen LogP contribution in [0.15, 0.2) is 24.3 Å². The summed E-state index contributed by atoms with van der Waals surface area (Å²) >= 11 is 0. The van der Waals surface area contributed by atoms with Crippen LogP contribution in [-0.4, -0.2) is 44.1 Å². The molecule has 4 heteroatoms. The third-order valence-electron chi connectivity index (χ3n) is 3.53. The molecular weight excluding hydrogens is 252 g/mol. The summed E-state index contributed by atoms with van der Waals surface area (Å²) in [6.45, 7) is 8.82. The minimum atomic E-state index is -0.0591. The Hall–Kier alpha value is -1.10. The summed E-state index contributed by atoms with van der Waals surface area (Å²) in [6, 6.07) is 8.66. The number of morpholine rings is 1. The highest BCUT2D eigenvalue weighted by Crippen LogP contribution is 2.18. The molecule has 0 amide bonds. The first-order valence-corrected chi connectivity index (χ1v) is 7.46. The van der Waals surface area contributed by atoms with Crippen molar-refractivity contribution in [3.8, 4) is 0 Å². The van der Waals surface area contributed by atoms with Crippen LogP contribution in [0.25, 0.3) is 0 Å². The molecule has 1 aromatic rings. The van der Waals surface area contributed by atoms with Gasteiger partial charge in [-0.05, 0) is 30.2 Å². The van der Waals surface area contributed by atoms with Gasteiger partial charge in [0, 0.05) is 25.3 Å². The molecule has 20 heavy (non-hydrogen) atoms. The Kier molecular flexibility index (Phi) is 5.83. The van der Waals surface area contributed by atoms with Crippen LogP contribution in [0.2, 0.25) is 0 Å². The first kappa shape index (κ1) is 15.3. The Morgan fingerprint density at radius 1 is 1.35 bits per heavy atom. The van der Waals surface area contributed by atoms with Crippen molar-refractivity contribution in [2.24, 2.45) is 5.92 Å². The van der Waals surface area contributed by atoms with Crippen molar-refractivity contribution < 1.29 is 9.84 Å². The molecule has 1 atom stereocenters. The lowest BCUT2D eigenvalue weighted by molar-refractivity contribution is 0.00357. The second-order valence-electron chi connectivity index (χ2n) is 5.81. The topological polar surface area (TPSA) is 44.7 Å². The van der Waals surface area contributed by atoms with E-state index in [1.165, 1.54) is 11.3 Å². The highest BCUT2D eigenvalue weighted by atomic mass is 16.5. The molecular formula is C16H26N2O2. The van der Waals surface area contributed by atoms with E-state index in [0.717, 1.165) is 26.2 Å². The van der Waals surface area contributed by atoms with Crippen LogP contribution in [0.4, 0.5) is 5.69 Å². The van der Waals surface area contributed by atoms with Crippen molar-refractivity contribution in [2.45, 2.75) is 26.5 Å². The second-order valence-corrected chi connectivity index (χ2v) is 5.81. The van der Waals surface area contributed by atoms with Crippen molar-refractivity contribution in [1.82, 2.24) is 5.32 Å². The number of aliphatic hydroxyl groups excluding tert-OH is 1. The van der Waals surface area contributed by atoms with E-state index in [9.17, 15) is 5.11 Å². The van der Waals surface area contributed by atoms with Crippen molar-refractivity contribution in [3.05, 3.63) is 29.8 Å². The predicted octanol–water partition coefficient (Wildman–Crippen LogP) is 1.63. The number of aliphatic hydroxyl groups is 1. The number of ether oxygens (including phenoxy) is 1. The van der Waals surface area contributed by atoms with Gasteiger partial charge in [0.1, 0.15) is 0 Å². The van der Waals surface area contributed by atoms with Gasteiger partial charge in [0.2, 0.25) is 0 Å². The second kappa shape index (κ2) is 7.62. The first-order valence-electron chi connectivity index (χ1n) is 7.46. The minimum Gasteiger partial charge on any atom is -0.394 e. The molecule has 2 N–H and O–H groups in total. The molecule has 0 spiro atoms. The smallest absolute Gasteiger partial charge is 0.0980 e. The molecule has 112 valence electrons. The average Bonchev–Trinajstić information content (AvgIpc) is 2.48. The van der Waals surface area contributed by atoms with Crippen LogP contribution in [0.1, 0.15) is 19.4 Å². The molecule has 0 aromatic heterocycles. The molecule has 1 aliphatic rings. The zero-order valence-corrected chi connectivity index (χ0v) is 12.5. The molecule has 1 unspecified atom stereocenters. The number of rotatable bonds is 6. The van der Waals surface area contributed by atoms with E-state index in [1.54, 1.807) is 0 Å². The molecule has 0 radical (unpaired) electrons. The van der Waals surface area contributed by atoms with Crippen molar-refractivity contribution >= 4 is 5.69 Å². The van der Waals surface area contributed by atoms with Gasteiger partial charge in [-0.25, -0.2) is 0 Å². The van der Waals surface area contributed by atoms with E-state index in [2.05, 4.69) is 48.3 Å². The molecule has 1 aliphatic heterocycles. The third-order valence-corrected chi connectivity index (χ3v) is 3.53. The SMILES string of the molecule is CC(C)CNCc1ccc(N2CCOC(CO)C2)cc1. The largest absolute Gasteiger partial charge is 0.394 e. The number of nitrogens with zero attached hydrogens (tertiary/aromatic N) is 1. The molecule has 2 rings (SSSR count). The third kappa shape index (κ3) is 4.47. The number of benzene rings is 1. The Morgan fingerprint density at radius 3 is 2.75 bits per heavy atom. The van der Waals surface area contributed by atoms with Crippen LogP contribution in [0.3, 0.4) is 0 Å². The molecule has 1 fully saturated rings. The van der Waals surface area contributed by atoms with E-state index < -0.39 is 0 Å². The van der Waals surface area contributed by atoms with Crippen LogP contribution >= 0.6 is 0 Å². The van der Waals surface area contributed by atoms with Crippen molar-refractivity contribution in [1.29, 1.82) is 0 Å². The van der Waals surface area contributed by atoms with E-state index >= 15 is 0 Å². The van der Waals surface area contributed by atoms with Gasteiger partial charge in [0.05, 0.1) is 19.3 Å². The van der Waals surface area contributed by atoms with Crippen LogP contribution in [-0.2, 0) is 11.3 Å². The molecule has 1 heterocycles. The fourth-order valence-electron chi connectivity index (χ4n) is 2.39. The number of anilines is 1. The van der Waals surface area contributed by atoms with E-state index in [-0.39, 0.29) is 12.7 Å². The maximum Gasteiger partial charge on any atom is 0.0980 e. The van der Waals surface area contributed by atoms with E-state index in [1.807, 2.05) is 0 Å². The molecule has 1 saturated heterocycles. The zero-order valence-electron chi connectivity index (χ0n) is 12.5. The maximum absolute atomic E-state index is 9.18. The van der Waals surface area contributed by atoms with Gasteiger partial charge in [-0.1, -0.05) is 26.0 Å². The molecule has 4 nitrogen and oxygen atoms in total. The van der Waals surface area contributed by atoms with Crippen molar-refractivity contribution in [2.75, 3.05) is 37.7 Å². The Balaban J connectivity index is 1.87. The summed E-state index contributed by atoms with van der Waals surface area (Å²) in [5, 5.41) is 12.6. The number of hydrogen-bond donors (Lipinski definition) is 2.